The number of halogens is 1. The normalized spacial score (nSPS) is 22.0. The first-order valence-electron chi connectivity index (χ1n) is 10.5. The van der Waals surface area contributed by atoms with Crippen LogP contribution in [0.5, 0.6) is 0 Å². The van der Waals surface area contributed by atoms with Crippen molar-refractivity contribution in [3.05, 3.63) is 53.3 Å². The molecule has 2 bridgehead atoms. The van der Waals surface area contributed by atoms with E-state index in [1.54, 1.807) is 19.1 Å². The molecule has 0 aliphatic carbocycles. The summed E-state index contributed by atoms with van der Waals surface area (Å²) in [5.74, 6) is -2.88. The molecule has 178 valence electrons. The number of carbonyl (C=O) groups is 4. The molecular formula is C22H27FN4O5S. The van der Waals surface area contributed by atoms with Crippen LogP contribution < -0.4 is 16.0 Å². The number of cyclic esters (lactones) is 1. The molecule has 2 rings (SSSR count). The molecule has 1 aliphatic rings. The second-order valence-electron chi connectivity index (χ2n) is 7.15. The van der Waals surface area contributed by atoms with Crippen molar-refractivity contribution in [2.24, 2.45) is 0 Å². The number of allylic oxidation sites excluding steroid dienone is 2. The van der Waals surface area contributed by atoms with Gasteiger partial charge in [-0.15, -0.1) is 0 Å². The number of nitrogens with zero attached hydrogens (tertiary/aromatic N) is 1. The van der Waals surface area contributed by atoms with Crippen LogP contribution in [0, 0.1) is 5.82 Å². The summed E-state index contributed by atoms with van der Waals surface area (Å²) in [4.78, 5) is 54.4. The van der Waals surface area contributed by atoms with Crippen LogP contribution in [0.3, 0.4) is 0 Å². The summed E-state index contributed by atoms with van der Waals surface area (Å²) in [6, 6.07) is 0.989. The number of amides is 3. The highest BCUT2D eigenvalue weighted by Crippen LogP contribution is 2.10. The lowest BCUT2D eigenvalue weighted by molar-refractivity contribution is -0.151. The van der Waals surface area contributed by atoms with E-state index in [4.69, 9.17) is 4.74 Å². The molecule has 1 aliphatic heterocycles. The smallest absolute Gasteiger partial charge is 0.329 e. The van der Waals surface area contributed by atoms with E-state index in [1.807, 2.05) is 0 Å². The highest BCUT2D eigenvalue weighted by molar-refractivity contribution is 7.80. The highest BCUT2D eigenvalue weighted by atomic mass is 32.1. The minimum absolute atomic E-state index is 0.109. The number of hydrogen-bond donors (Lipinski definition) is 4. The van der Waals surface area contributed by atoms with E-state index >= 15 is 0 Å². The molecule has 2 atom stereocenters. The number of carbonyl (C=O) groups excluding carboxylic acids is 4. The van der Waals surface area contributed by atoms with Gasteiger partial charge in [0.1, 0.15) is 29.4 Å². The van der Waals surface area contributed by atoms with Crippen molar-refractivity contribution in [3.63, 3.8) is 0 Å². The molecule has 3 N–H and O–H groups in total. The standard InChI is InChI=1S/C22H27FN4O5S/c1-3-16-20(29)27-17(4-2)22(31)32-15(7-5-6-8-33)11-19(28)24-12-14-9-13(23)10-18(25-14)21(30)26-16/h3,5,7,9-10,15,17,33H,4,6,8,11-12H2,1-2H3,(H,24,28)(H,26,30)(H,27,29)/b7-5+,16-3-/t15-,17+/m1/s1. The van der Waals surface area contributed by atoms with Crippen molar-refractivity contribution in [3.8, 4) is 0 Å². The summed E-state index contributed by atoms with van der Waals surface area (Å²) in [5.41, 5.74) is -0.292. The Balaban J connectivity index is 2.40. The van der Waals surface area contributed by atoms with Gasteiger partial charge in [-0.2, -0.15) is 12.6 Å². The van der Waals surface area contributed by atoms with Crippen LogP contribution in [0.1, 0.15) is 49.3 Å². The number of aromatic nitrogens is 1. The molecule has 2 heterocycles. The van der Waals surface area contributed by atoms with E-state index in [0.29, 0.717) is 12.2 Å². The minimum Gasteiger partial charge on any atom is -0.456 e. The van der Waals surface area contributed by atoms with Gasteiger partial charge in [0.2, 0.25) is 5.91 Å². The summed E-state index contributed by atoms with van der Waals surface area (Å²) in [5, 5.41) is 7.46. The lowest BCUT2D eigenvalue weighted by atomic mass is 10.1. The van der Waals surface area contributed by atoms with Gasteiger partial charge in [-0.1, -0.05) is 19.1 Å². The van der Waals surface area contributed by atoms with E-state index < -0.39 is 41.7 Å². The van der Waals surface area contributed by atoms with Gasteiger partial charge in [-0.25, -0.2) is 14.2 Å². The third-order valence-electron chi connectivity index (χ3n) is 4.62. The molecule has 0 unspecified atom stereocenters. The summed E-state index contributed by atoms with van der Waals surface area (Å²) in [7, 11) is 0. The zero-order valence-electron chi connectivity index (χ0n) is 18.4. The molecule has 0 saturated carbocycles. The van der Waals surface area contributed by atoms with Gasteiger partial charge in [0.05, 0.1) is 18.7 Å². The molecular weight excluding hydrogens is 451 g/mol. The van der Waals surface area contributed by atoms with Gasteiger partial charge < -0.3 is 20.7 Å². The largest absolute Gasteiger partial charge is 0.456 e. The number of rotatable bonds is 4. The number of nitrogens with one attached hydrogen (secondary N) is 3. The predicted octanol–water partition coefficient (Wildman–Crippen LogP) is 1.56. The lowest BCUT2D eigenvalue weighted by Gasteiger charge is -2.21. The van der Waals surface area contributed by atoms with Gasteiger partial charge in [0.25, 0.3) is 11.8 Å². The molecule has 11 heteroatoms. The van der Waals surface area contributed by atoms with Crippen LogP contribution in [-0.2, 0) is 25.7 Å². The molecule has 0 radical (unpaired) electrons. The maximum absolute atomic E-state index is 14.0. The molecule has 1 aromatic heterocycles. The van der Waals surface area contributed by atoms with E-state index in [2.05, 4.69) is 33.6 Å². The van der Waals surface area contributed by atoms with E-state index in [0.717, 1.165) is 12.1 Å². The highest BCUT2D eigenvalue weighted by Gasteiger charge is 2.26. The first kappa shape index (κ1) is 26.0. The summed E-state index contributed by atoms with van der Waals surface area (Å²) < 4.78 is 19.5. The number of hydrogen-bond acceptors (Lipinski definition) is 7. The van der Waals surface area contributed by atoms with Gasteiger partial charge >= 0.3 is 5.97 Å². The second-order valence-corrected chi connectivity index (χ2v) is 7.60. The second kappa shape index (κ2) is 12.7. The topological polar surface area (TPSA) is 126 Å². The summed E-state index contributed by atoms with van der Waals surface area (Å²) in [6.45, 7) is 3.05. The predicted molar refractivity (Wildman–Crippen MR) is 122 cm³/mol. The van der Waals surface area contributed by atoms with Crippen molar-refractivity contribution in [2.75, 3.05) is 5.75 Å². The molecule has 0 fully saturated rings. The van der Waals surface area contributed by atoms with E-state index in [9.17, 15) is 23.6 Å². The minimum atomic E-state index is -1.01. The molecule has 3 amide bonds. The monoisotopic (exact) mass is 478 g/mol. The Kier molecular flexibility index (Phi) is 10.0. The Morgan fingerprint density at radius 2 is 2.00 bits per heavy atom. The van der Waals surface area contributed by atoms with Crippen LogP contribution in [-0.4, -0.2) is 46.6 Å². The van der Waals surface area contributed by atoms with Crippen LogP contribution in [0.25, 0.3) is 0 Å². The maximum Gasteiger partial charge on any atom is 0.329 e. The third-order valence-corrected chi connectivity index (χ3v) is 4.88. The molecule has 0 aromatic carbocycles. The van der Waals surface area contributed by atoms with Crippen LogP contribution in [0.2, 0.25) is 0 Å². The maximum atomic E-state index is 14.0. The first-order chi connectivity index (χ1) is 15.8. The number of pyridine rings is 1. The summed E-state index contributed by atoms with van der Waals surface area (Å²) in [6.07, 6.45) is 4.41. The molecule has 33 heavy (non-hydrogen) atoms. The van der Waals surface area contributed by atoms with Crippen molar-refractivity contribution in [1.82, 2.24) is 20.9 Å². The number of thiol groups is 1. The average Bonchev–Trinajstić information content (AvgIpc) is 2.78. The molecule has 9 nitrogen and oxygen atoms in total. The zero-order valence-corrected chi connectivity index (χ0v) is 19.3. The van der Waals surface area contributed by atoms with Gasteiger partial charge in [-0.3, -0.25) is 14.4 Å². The lowest BCUT2D eigenvalue weighted by Crippen LogP contribution is -2.46. The Bertz CT molecular complexity index is 966. The number of fused-ring (bicyclic) bond motifs is 2. The fraction of sp³-hybridized carbons (Fsp3) is 0.409. The Morgan fingerprint density at radius 1 is 1.24 bits per heavy atom. The Labute approximate surface area is 196 Å². The van der Waals surface area contributed by atoms with Crippen molar-refractivity contribution >= 4 is 36.3 Å². The van der Waals surface area contributed by atoms with Crippen LogP contribution in [0.15, 0.2) is 36.1 Å². The molecule has 1 aromatic rings. The number of ether oxygens (including phenoxy) is 1. The SMILES string of the molecule is C/C=C1\NC(=O)c2cc(F)cc(n2)CNC(=O)C[C@@H](/C=C/CCS)OC(=O)[C@H](CC)NC1=O. The summed E-state index contributed by atoms with van der Waals surface area (Å²) >= 11 is 4.12. The average molecular weight is 479 g/mol. The van der Waals surface area contributed by atoms with Crippen molar-refractivity contribution in [2.45, 2.75) is 51.8 Å². The molecule has 0 spiro atoms. The van der Waals surface area contributed by atoms with E-state index in [1.165, 1.54) is 13.0 Å². The van der Waals surface area contributed by atoms with Gasteiger partial charge in [-0.05, 0) is 37.7 Å². The van der Waals surface area contributed by atoms with Crippen LogP contribution in [0.4, 0.5) is 4.39 Å². The fourth-order valence-corrected chi connectivity index (χ4v) is 3.06. The zero-order chi connectivity index (χ0) is 24.4. The quantitative estimate of drug-likeness (QED) is 0.225. The van der Waals surface area contributed by atoms with E-state index in [-0.39, 0.29) is 36.5 Å². The van der Waals surface area contributed by atoms with Crippen LogP contribution >= 0.6 is 12.6 Å². The van der Waals surface area contributed by atoms with Crippen molar-refractivity contribution < 1.29 is 28.3 Å². The first-order valence-corrected chi connectivity index (χ1v) is 11.1. The van der Waals surface area contributed by atoms with Gasteiger partial charge in [0, 0.05) is 6.07 Å². The Morgan fingerprint density at radius 3 is 2.67 bits per heavy atom. The Hall–Kier alpha value is -3.21. The van der Waals surface area contributed by atoms with Gasteiger partial charge in [0.15, 0.2) is 0 Å². The fourth-order valence-electron chi connectivity index (χ4n) is 2.91. The third kappa shape index (κ3) is 8.01. The number of esters is 1. The van der Waals surface area contributed by atoms with Crippen molar-refractivity contribution in [1.29, 1.82) is 0 Å². The molecule has 0 saturated heterocycles.